The first kappa shape index (κ1) is 9.72. The standard InChI is InChI=1S/C12H12N2O/c13-9-11-7-4-8-14(11)12(15)10-5-2-1-3-6-10/h1-3,5-6,11H,4,7-8H2/t11-/m1/s1. The van der Waals surface area contributed by atoms with Crippen LogP contribution in [-0.2, 0) is 0 Å². The fraction of sp³-hybridized carbons (Fsp3) is 0.333. The number of nitriles is 1. The predicted molar refractivity (Wildman–Crippen MR) is 56.1 cm³/mol. The van der Waals surface area contributed by atoms with E-state index in [0.717, 1.165) is 12.8 Å². The molecule has 1 heterocycles. The van der Waals surface area contributed by atoms with Gasteiger partial charge in [0.05, 0.1) is 6.07 Å². The summed E-state index contributed by atoms with van der Waals surface area (Å²) in [5, 5.41) is 8.89. The van der Waals surface area contributed by atoms with Crippen molar-refractivity contribution in [1.82, 2.24) is 4.90 Å². The molecule has 1 amide bonds. The lowest BCUT2D eigenvalue weighted by molar-refractivity contribution is 0.0765. The second-order valence-electron chi connectivity index (χ2n) is 3.65. The number of nitrogens with zero attached hydrogens (tertiary/aromatic N) is 2. The summed E-state index contributed by atoms with van der Waals surface area (Å²) in [6, 6.07) is 11.1. The monoisotopic (exact) mass is 200 g/mol. The minimum Gasteiger partial charge on any atom is -0.323 e. The van der Waals surface area contributed by atoms with E-state index in [1.165, 1.54) is 0 Å². The topological polar surface area (TPSA) is 44.1 Å². The average molecular weight is 200 g/mol. The molecule has 0 N–H and O–H groups in total. The Morgan fingerprint density at radius 1 is 1.40 bits per heavy atom. The van der Waals surface area contributed by atoms with Crippen LogP contribution >= 0.6 is 0 Å². The van der Waals surface area contributed by atoms with Crippen molar-refractivity contribution in [1.29, 1.82) is 5.26 Å². The normalized spacial score (nSPS) is 19.9. The van der Waals surface area contributed by atoms with Crippen LogP contribution in [0.3, 0.4) is 0 Å². The lowest BCUT2D eigenvalue weighted by Crippen LogP contribution is -2.34. The van der Waals surface area contributed by atoms with Crippen LogP contribution in [0.4, 0.5) is 0 Å². The molecule has 1 atom stereocenters. The number of hydrogen-bond acceptors (Lipinski definition) is 2. The molecule has 1 aromatic rings. The zero-order chi connectivity index (χ0) is 10.7. The number of benzene rings is 1. The van der Waals surface area contributed by atoms with E-state index in [2.05, 4.69) is 6.07 Å². The SMILES string of the molecule is N#C[C@H]1CCCN1C(=O)c1ccccc1. The summed E-state index contributed by atoms with van der Waals surface area (Å²) in [7, 11) is 0. The molecule has 1 aromatic carbocycles. The van der Waals surface area contributed by atoms with Gasteiger partial charge in [-0.2, -0.15) is 5.26 Å². The van der Waals surface area contributed by atoms with E-state index in [0.29, 0.717) is 12.1 Å². The molecule has 76 valence electrons. The number of carbonyl (C=O) groups is 1. The van der Waals surface area contributed by atoms with Gasteiger partial charge in [0.2, 0.25) is 0 Å². The Morgan fingerprint density at radius 2 is 2.13 bits per heavy atom. The van der Waals surface area contributed by atoms with Crippen molar-refractivity contribution in [2.45, 2.75) is 18.9 Å². The van der Waals surface area contributed by atoms with Gasteiger partial charge in [-0.3, -0.25) is 4.79 Å². The third kappa shape index (κ3) is 1.84. The maximum atomic E-state index is 12.0. The molecule has 0 radical (unpaired) electrons. The second kappa shape index (κ2) is 4.14. The molecule has 1 saturated heterocycles. The minimum atomic E-state index is -0.238. The molecule has 15 heavy (non-hydrogen) atoms. The van der Waals surface area contributed by atoms with Crippen LogP contribution in [0.5, 0.6) is 0 Å². The summed E-state index contributed by atoms with van der Waals surface area (Å²) in [6.45, 7) is 0.700. The Labute approximate surface area is 88.9 Å². The Hall–Kier alpha value is -1.82. The highest BCUT2D eigenvalue weighted by Gasteiger charge is 2.28. The highest BCUT2D eigenvalue weighted by Crippen LogP contribution is 2.19. The van der Waals surface area contributed by atoms with Crippen LogP contribution in [0.1, 0.15) is 23.2 Å². The molecule has 0 aliphatic carbocycles. The molecule has 0 spiro atoms. The molecule has 3 nitrogen and oxygen atoms in total. The quantitative estimate of drug-likeness (QED) is 0.694. The fourth-order valence-corrected chi connectivity index (χ4v) is 1.89. The van der Waals surface area contributed by atoms with Gasteiger partial charge in [0, 0.05) is 12.1 Å². The van der Waals surface area contributed by atoms with Gasteiger partial charge >= 0.3 is 0 Å². The molecular weight excluding hydrogens is 188 g/mol. The van der Waals surface area contributed by atoms with Crippen LogP contribution in [0.2, 0.25) is 0 Å². The number of likely N-dealkylation sites (tertiary alicyclic amines) is 1. The lowest BCUT2D eigenvalue weighted by atomic mass is 10.2. The molecule has 0 unspecified atom stereocenters. The van der Waals surface area contributed by atoms with E-state index < -0.39 is 0 Å². The Kier molecular flexibility index (Phi) is 2.68. The van der Waals surface area contributed by atoms with Gasteiger partial charge in [-0.05, 0) is 25.0 Å². The van der Waals surface area contributed by atoms with Crippen molar-refractivity contribution < 1.29 is 4.79 Å². The van der Waals surface area contributed by atoms with E-state index >= 15 is 0 Å². The molecular formula is C12H12N2O. The summed E-state index contributed by atoms with van der Waals surface area (Å²) in [4.78, 5) is 13.7. The predicted octanol–water partition coefficient (Wildman–Crippen LogP) is 1.81. The Balaban J connectivity index is 2.19. The largest absolute Gasteiger partial charge is 0.323 e. The van der Waals surface area contributed by atoms with Crippen molar-refractivity contribution in [2.75, 3.05) is 6.54 Å². The van der Waals surface area contributed by atoms with E-state index in [1.54, 1.807) is 17.0 Å². The van der Waals surface area contributed by atoms with E-state index in [-0.39, 0.29) is 11.9 Å². The summed E-state index contributed by atoms with van der Waals surface area (Å²) in [5.74, 6) is -0.0281. The average Bonchev–Trinajstić information content (AvgIpc) is 2.77. The number of amides is 1. The van der Waals surface area contributed by atoms with Gasteiger partial charge in [0.15, 0.2) is 0 Å². The van der Waals surface area contributed by atoms with Crippen LogP contribution in [0.15, 0.2) is 30.3 Å². The van der Waals surface area contributed by atoms with Gasteiger partial charge in [-0.25, -0.2) is 0 Å². The van der Waals surface area contributed by atoms with Crippen LogP contribution in [-0.4, -0.2) is 23.4 Å². The first-order chi connectivity index (χ1) is 7.33. The zero-order valence-corrected chi connectivity index (χ0v) is 8.39. The van der Waals surface area contributed by atoms with Gasteiger partial charge in [-0.1, -0.05) is 18.2 Å². The van der Waals surface area contributed by atoms with Crippen LogP contribution in [0, 0.1) is 11.3 Å². The van der Waals surface area contributed by atoms with E-state index in [1.807, 2.05) is 18.2 Å². The number of rotatable bonds is 1. The molecule has 0 aromatic heterocycles. The first-order valence-electron chi connectivity index (χ1n) is 5.08. The van der Waals surface area contributed by atoms with E-state index in [9.17, 15) is 4.79 Å². The van der Waals surface area contributed by atoms with Crippen LogP contribution in [0.25, 0.3) is 0 Å². The molecule has 0 saturated carbocycles. The summed E-state index contributed by atoms with van der Waals surface area (Å²) in [5.41, 5.74) is 0.666. The van der Waals surface area contributed by atoms with Gasteiger partial charge < -0.3 is 4.90 Å². The Morgan fingerprint density at radius 3 is 2.80 bits per heavy atom. The number of hydrogen-bond donors (Lipinski definition) is 0. The second-order valence-corrected chi connectivity index (χ2v) is 3.65. The molecule has 3 heteroatoms. The van der Waals surface area contributed by atoms with Gasteiger partial charge in [-0.15, -0.1) is 0 Å². The molecule has 1 aliphatic heterocycles. The summed E-state index contributed by atoms with van der Waals surface area (Å²) in [6.07, 6.45) is 1.73. The van der Waals surface area contributed by atoms with Crippen LogP contribution < -0.4 is 0 Å². The zero-order valence-electron chi connectivity index (χ0n) is 8.39. The lowest BCUT2D eigenvalue weighted by Gasteiger charge is -2.19. The summed E-state index contributed by atoms with van der Waals surface area (Å²) < 4.78 is 0. The van der Waals surface area contributed by atoms with Gasteiger partial charge in [0.1, 0.15) is 6.04 Å². The smallest absolute Gasteiger partial charge is 0.254 e. The minimum absolute atomic E-state index is 0.0281. The highest BCUT2D eigenvalue weighted by atomic mass is 16.2. The maximum absolute atomic E-state index is 12.0. The van der Waals surface area contributed by atoms with Gasteiger partial charge in [0.25, 0.3) is 5.91 Å². The van der Waals surface area contributed by atoms with Crippen molar-refractivity contribution in [3.63, 3.8) is 0 Å². The molecule has 1 aliphatic rings. The third-order valence-electron chi connectivity index (χ3n) is 2.68. The third-order valence-corrected chi connectivity index (χ3v) is 2.68. The van der Waals surface area contributed by atoms with Crippen molar-refractivity contribution in [2.24, 2.45) is 0 Å². The molecule has 0 bridgehead atoms. The molecule has 1 fully saturated rings. The van der Waals surface area contributed by atoms with E-state index in [4.69, 9.17) is 5.26 Å². The molecule has 2 rings (SSSR count). The van der Waals surface area contributed by atoms with Crippen molar-refractivity contribution >= 4 is 5.91 Å². The first-order valence-corrected chi connectivity index (χ1v) is 5.08. The highest BCUT2D eigenvalue weighted by molar-refractivity contribution is 5.94. The fourth-order valence-electron chi connectivity index (χ4n) is 1.89. The summed E-state index contributed by atoms with van der Waals surface area (Å²) >= 11 is 0. The Bertz CT molecular complexity index is 394. The van der Waals surface area contributed by atoms with Crippen molar-refractivity contribution in [3.05, 3.63) is 35.9 Å². The maximum Gasteiger partial charge on any atom is 0.254 e. The van der Waals surface area contributed by atoms with Crippen molar-refractivity contribution in [3.8, 4) is 6.07 Å². The number of carbonyl (C=O) groups excluding carboxylic acids is 1.